The number of esters is 1. The van der Waals surface area contributed by atoms with Gasteiger partial charge in [-0.15, -0.1) is 0 Å². The number of nitrogens with zero attached hydrogens (tertiary/aromatic N) is 1. The van der Waals surface area contributed by atoms with Gasteiger partial charge in [-0.05, 0) is 60.9 Å². The maximum atomic E-state index is 12.7. The molecule has 0 aliphatic carbocycles. The van der Waals surface area contributed by atoms with Crippen LogP contribution in [0.2, 0.25) is 0 Å². The predicted octanol–water partition coefficient (Wildman–Crippen LogP) is 4.05. The van der Waals surface area contributed by atoms with Crippen LogP contribution in [0.25, 0.3) is 0 Å². The van der Waals surface area contributed by atoms with E-state index in [1.807, 2.05) is 12.1 Å². The van der Waals surface area contributed by atoms with Gasteiger partial charge in [-0.25, -0.2) is 0 Å². The van der Waals surface area contributed by atoms with Crippen LogP contribution >= 0.6 is 0 Å². The molecule has 4 rings (SSSR count). The number of carbonyl (C=O) groups is 3. The first kappa shape index (κ1) is 19.4. The standard InChI is InChI=1S/C23H20N2O5/c1-15(26)30-20-8-3-2-7-18(20)22(27)24-17-10-11-19-16(14-17)6-4-12-25(19)23(28)21-9-5-13-29-21/h2-3,5,7-11,13-14H,4,6,12H2,1H3,(H,24,27). The largest absolute Gasteiger partial charge is 0.459 e. The molecule has 1 N–H and O–H groups in total. The zero-order valence-corrected chi connectivity index (χ0v) is 16.4. The average molecular weight is 404 g/mol. The molecule has 2 amide bonds. The maximum absolute atomic E-state index is 12.7. The van der Waals surface area contributed by atoms with E-state index in [-0.39, 0.29) is 23.1 Å². The van der Waals surface area contributed by atoms with E-state index < -0.39 is 5.97 Å². The Morgan fingerprint density at radius 3 is 2.67 bits per heavy atom. The molecule has 152 valence electrons. The monoisotopic (exact) mass is 404 g/mol. The zero-order valence-electron chi connectivity index (χ0n) is 16.4. The fourth-order valence-corrected chi connectivity index (χ4v) is 3.52. The molecule has 30 heavy (non-hydrogen) atoms. The van der Waals surface area contributed by atoms with Crippen molar-refractivity contribution < 1.29 is 23.5 Å². The smallest absolute Gasteiger partial charge is 0.308 e. The Labute approximate surface area is 173 Å². The Kier molecular flexibility index (Phi) is 5.34. The molecule has 0 saturated carbocycles. The van der Waals surface area contributed by atoms with Gasteiger partial charge in [-0.1, -0.05) is 12.1 Å². The number of anilines is 2. The lowest BCUT2D eigenvalue weighted by Crippen LogP contribution is -2.35. The highest BCUT2D eigenvalue weighted by atomic mass is 16.5. The summed E-state index contributed by atoms with van der Waals surface area (Å²) in [7, 11) is 0. The van der Waals surface area contributed by atoms with Gasteiger partial charge in [0.15, 0.2) is 5.76 Å². The minimum atomic E-state index is -0.495. The van der Waals surface area contributed by atoms with Crippen molar-refractivity contribution in [2.24, 2.45) is 0 Å². The average Bonchev–Trinajstić information content (AvgIpc) is 3.27. The minimum absolute atomic E-state index is 0.187. The number of fused-ring (bicyclic) bond motifs is 1. The van der Waals surface area contributed by atoms with E-state index in [1.54, 1.807) is 47.4 Å². The number of amides is 2. The molecule has 0 bridgehead atoms. The van der Waals surface area contributed by atoms with Crippen molar-refractivity contribution in [1.29, 1.82) is 0 Å². The summed E-state index contributed by atoms with van der Waals surface area (Å²) in [5, 5.41) is 2.84. The van der Waals surface area contributed by atoms with Crippen LogP contribution in [0.4, 0.5) is 11.4 Å². The van der Waals surface area contributed by atoms with E-state index in [2.05, 4.69) is 5.32 Å². The molecule has 2 aromatic carbocycles. The van der Waals surface area contributed by atoms with E-state index >= 15 is 0 Å². The predicted molar refractivity (Wildman–Crippen MR) is 111 cm³/mol. The van der Waals surface area contributed by atoms with Gasteiger partial charge in [0.1, 0.15) is 5.75 Å². The third kappa shape index (κ3) is 3.96. The van der Waals surface area contributed by atoms with Gasteiger partial charge in [0.2, 0.25) is 0 Å². The summed E-state index contributed by atoms with van der Waals surface area (Å²) in [6.07, 6.45) is 3.08. The number of rotatable bonds is 4. The maximum Gasteiger partial charge on any atom is 0.308 e. The second kappa shape index (κ2) is 8.24. The molecule has 7 heteroatoms. The van der Waals surface area contributed by atoms with Gasteiger partial charge in [0.05, 0.1) is 11.8 Å². The van der Waals surface area contributed by atoms with E-state index in [4.69, 9.17) is 9.15 Å². The van der Waals surface area contributed by atoms with Crippen molar-refractivity contribution in [2.75, 3.05) is 16.8 Å². The summed E-state index contributed by atoms with van der Waals surface area (Å²) in [5.41, 5.74) is 2.64. The summed E-state index contributed by atoms with van der Waals surface area (Å²) in [5.74, 6) is -0.567. The van der Waals surface area contributed by atoms with Crippen molar-refractivity contribution >= 4 is 29.2 Å². The van der Waals surface area contributed by atoms with E-state index in [0.717, 1.165) is 24.1 Å². The van der Waals surface area contributed by atoms with Crippen LogP contribution in [0.1, 0.15) is 39.8 Å². The molecule has 0 unspecified atom stereocenters. The van der Waals surface area contributed by atoms with Gasteiger partial charge >= 0.3 is 5.97 Å². The minimum Gasteiger partial charge on any atom is -0.459 e. The van der Waals surface area contributed by atoms with Crippen molar-refractivity contribution in [2.45, 2.75) is 19.8 Å². The van der Waals surface area contributed by atoms with Crippen molar-refractivity contribution in [3.63, 3.8) is 0 Å². The molecule has 0 atom stereocenters. The second-order valence-corrected chi connectivity index (χ2v) is 6.93. The number of hydrogen-bond acceptors (Lipinski definition) is 5. The van der Waals surface area contributed by atoms with Crippen LogP contribution in [0.15, 0.2) is 65.3 Å². The molecular formula is C23H20N2O5. The molecule has 2 heterocycles. The summed E-state index contributed by atoms with van der Waals surface area (Å²) >= 11 is 0. The van der Waals surface area contributed by atoms with Crippen molar-refractivity contribution in [1.82, 2.24) is 0 Å². The van der Waals surface area contributed by atoms with Crippen LogP contribution in [0, 0.1) is 0 Å². The molecule has 0 fully saturated rings. The van der Waals surface area contributed by atoms with Crippen molar-refractivity contribution in [3.8, 4) is 5.75 Å². The van der Waals surface area contributed by atoms with E-state index in [1.165, 1.54) is 13.2 Å². The number of benzene rings is 2. The topological polar surface area (TPSA) is 88.9 Å². The highest BCUT2D eigenvalue weighted by Gasteiger charge is 2.25. The van der Waals surface area contributed by atoms with Crippen LogP contribution in [0.5, 0.6) is 5.75 Å². The number of carbonyl (C=O) groups excluding carboxylic acids is 3. The van der Waals surface area contributed by atoms with Gasteiger partial charge < -0.3 is 19.4 Å². The zero-order chi connectivity index (χ0) is 21.1. The number of aryl methyl sites for hydroxylation is 1. The van der Waals surface area contributed by atoms with Gasteiger partial charge in [0, 0.05) is 24.8 Å². The molecule has 1 aliphatic heterocycles. The first-order valence-corrected chi connectivity index (χ1v) is 9.60. The van der Waals surface area contributed by atoms with Crippen LogP contribution < -0.4 is 15.0 Å². The third-order valence-corrected chi connectivity index (χ3v) is 4.82. The SMILES string of the molecule is CC(=O)Oc1ccccc1C(=O)Nc1ccc2c(c1)CCCN2C(=O)c1ccco1. The molecule has 3 aromatic rings. The molecular weight excluding hydrogens is 384 g/mol. The van der Waals surface area contributed by atoms with Crippen LogP contribution in [0.3, 0.4) is 0 Å². The first-order chi connectivity index (χ1) is 14.5. The third-order valence-electron chi connectivity index (χ3n) is 4.82. The Hall–Kier alpha value is -3.87. The Morgan fingerprint density at radius 2 is 1.90 bits per heavy atom. The fourth-order valence-electron chi connectivity index (χ4n) is 3.52. The first-order valence-electron chi connectivity index (χ1n) is 9.60. The summed E-state index contributed by atoms with van der Waals surface area (Å²) in [6.45, 7) is 1.89. The number of nitrogens with one attached hydrogen (secondary N) is 1. The lowest BCUT2D eigenvalue weighted by molar-refractivity contribution is -0.131. The molecule has 0 spiro atoms. The lowest BCUT2D eigenvalue weighted by atomic mass is 10.0. The van der Waals surface area contributed by atoms with E-state index in [9.17, 15) is 14.4 Å². The summed E-state index contributed by atoms with van der Waals surface area (Å²) < 4.78 is 10.4. The quantitative estimate of drug-likeness (QED) is 0.523. The normalized spacial score (nSPS) is 12.8. The van der Waals surface area contributed by atoms with Crippen LogP contribution in [-0.4, -0.2) is 24.3 Å². The van der Waals surface area contributed by atoms with Gasteiger partial charge in [-0.2, -0.15) is 0 Å². The summed E-state index contributed by atoms with van der Waals surface area (Å²) in [6, 6.07) is 15.3. The van der Waals surface area contributed by atoms with Crippen LogP contribution in [-0.2, 0) is 11.2 Å². The van der Waals surface area contributed by atoms with Gasteiger partial charge in [0.25, 0.3) is 11.8 Å². The Bertz CT molecular complexity index is 1100. The molecule has 0 radical (unpaired) electrons. The second-order valence-electron chi connectivity index (χ2n) is 6.93. The highest BCUT2D eigenvalue weighted by molar-refractivity contribution is 6.07. The number of hydrogen-bond donors (Lipinski definition) is 1. The number of ether oxygens (including phenoxy) is 1. The molecule has 1 aromatic heterocycles. The van der Waals surface area contributed by atoms with Crippen molar-refractivity contribution in [3.05, 3.63) is 77.7 Å². The Balaban J connectivity index is 1.56. The number of furan rings is 1. The molecule has 0 saturated heterocycles. The highest BCUT2D eigenvalue weighted by Crippen LogP contribution is 2.31. The molecule has 7 nitrogen and oxygen atoms in total. The Morgan fingerprint density at radius 1 is 1.07 bits per heavy atom. The fraction of sp³-hybridized carbons (Fsp3) is 0.174. The lowest BCUT2D eigenvalue weighted by Gasteiger charge is -2.29. The van der Waals surface area contributed by atoms with Gasteiger partial charge in [-0.3, -0.25) is 14.4 Å². The summed E-state index contributed by atoms with van der Waals surface area (Å²) in [4.78, 5) is 38.4. The molecule has 1 aliphatic rings. The van der Waals surface area contributed by atoms with E-state index in [0.29, 0.717) is 18.0 Å². The number of para-hydroxylation sites is 1.